The van der Waals surface area contributed by atoms with Gasteiger partial charge in [0.1, 0.15) is 24.4 Å². The van der Waals surface area contributed by atoms with Crippen LogP contribution in [0, 0.1) is 11.8 Å². The second-order valence-corrected chi connectivity index (χ2v) is 13.1. The molecule has 0 spiro atoms. The molecule has 0 amide bonds. The first-order valence-corrected chi connectivity index (χ1v) is 16.0. The van der Waals surface area contributed by atoms with Gasteiger partial charge >= 0.3 is 41.8 Å². The van der Waals surface area contributed by atoms with Gasteiger partial charge in [-0.05, 0) is 54.9 Å². The van der Waals surface area contributed by atoms with E-state index in [1.807, 2.05) is 0 Å². The first-order valence-electron chi connectivity index (χ1n) is 16.0. The molecule has 14 nitrogen and oxygen atoms in total. The lowest BCUT2D eigenvalue weighted by atomic mass is 9.62. The fourth-order valence-corrected chi connectivity index (χ4v) is 5.41. The molecular formula is C38H46O14. The molecule has 0 N–H and O–H groups in total. The van der Waals surface area contributed by atoms with Crippen LogP contribution in [0.3, 0.4) is 0 Å². The van der Waals surface area contributed by atoms with Gasteiger partial charge in [0.25, 0.3) is 0 Å². The Morgan fingerprint density at radius 2 is 0.577 bits per heavy atom. The predicted molar refractivity (Wildman–Crippen MR) is 184 cm³/mol. The molecule has 52 heavy (non-hydrogen) atoms. The minimum atomic E-state index is -1.81. The molecule has 282 valence electrons. The second kappa shape index (κ2) is 17.6. The molecule has 2 saturated carbocycles. The summed E-state index contributed by atoms with van der Waals surface area (Å²) in [6.07, 6.45) is -12.1. The third-order valence-electron chi connectivity index (χ3n) is 8.00. The van der Waals surface area contributed by atoms with E-state index >= 15 is 0 Å². The molecule has 0 saturated heterocycles. The van der Waals surface area contributed by atoms with Crippen LogP contribution in [0.5, 0.6) is 0 Å². The van der Waals surface area contributed by atoms with Crippen LogP contribution in [0.25, 0.3) is 0 Å². The van der Waals surface area contributed by atoms with Crippen molar-refractivity contribution in [3.63, 3.8) is 0 Å². The van der Waals surface area contributed by atoms with Crippen molar-refractivity contribution in [3.05, 3.63) is 85.1 Å². The van der Waals surface area contributed by atoms with Gasteiger partial charge in [-0.2, -0.15) is 0 Å². The Bertz CT molecular complexity index is 1600. The maximum absolute atomic E-state index is 13.3. The average molecular weight is 727 g/mol. The second-order valence-electron chi connectivity index (χ2n) is 13.1. The number of carbonyl (C=O) groups is 7. The fourth-order valence-electron chi connectivity index (χ4n) is 5.41. The molecule has 0 aromatic heterocycles. The Balaban J connectivity index is 3.15. The summed E-state index contributed by atoms with van der Waals surface area (Å²) in [7, 11) is 0. The topological polar surface area (TPSA) is 184 Å². The van der Waals surface area contributed by atoms with E-state index in [2.05, 4.69) is 46.1 Å². The van der Waals surface area contributed by atoms with E-state index in [1.165, 1.54) is 48.5 Å². The van der Waals surface area contributed by atoms with Gasteiger partial charge < -0.3 is 33.2 Å². The van der Waals surface area contributed by atoms with Crippen molar-refractivity contribution in [3.8, 4) is 0 Å². The van der Waals surface area contributed by atoms with Crippen LogP contribution in [-0.4, -0.2) is 84.5 Å². The normalized spacial score (nSPS) is 26.0. The van der Waals surface area contributed by atoms with Crippen LogP contribution in [-0.2, 0) is 66.7 Å². The summed E-state index contributed by atoms with van der Waals surface area (Å²) in [6.45, 7) is 34.6. The molecule has 0 aromatic rings. The van der Waals surface area contributed by atoms with Crippen molar-refractivity contribution >= 4 is 41.8 Å². The van der Waals surface area contributed by atoms with Crippen molar-refractivity contribution in [2.45, 2.75) is 97.6 Å². The molecule has 2 aliphatic rings. The summed E-state index contributed by atoms with van der Waals surface area (Å²) in [5.41, 5.74) is -0.683. The molecule has 2 rings (SSSR count). The zero-order valence-corrected chi connectivity index (χ0v) is 30.6. The molecule has 2 fully saturated rings. The van der Waals surface area contributed by atoms with E-state index in [-0.39, 0.29) is 45.4 Å². The Kier molecular flexibility index (Phi) is 14.4. The summed E-state index contributed by atoms with van der Waals surface area (Å²) in [5, 5.41) is 0. The van der Waals surface area contributed by atoms with Gasteiger partial charge in [0.15, 0.2) is 18.3 Å². The van der Waals surface area contributed by atoms with Crippen LogP contribution in [0.4, 0.5) is 0 Å². The lowest BCUT2D eigenvalue weighted by molar-refractivity contribution is -0.265. The number of hydrogen-bond acceptors (Lipinski definition) is 14. The minimum absolute atomic E-state index is 0.0511. The monoisotopic (exact) mass is 726 g/mol. The zero-order valence-electron chi connectivity index (χ0n) is 30.6. The predicted octanol–water partition coefficient (Wildman–Crippen LogP) is 4.05. The maximum Gasteiger partial charge on any atom is 0.333 e. The van der Waals surface area contributed by atoms with E-state index in [0.717, 1.165) is 0 Å². The molecule has 0 radical (unpaired) electrons. The number of hydrogen-bond donors (Lipinski definition) is 0. The molecule has 0 heterocycles. The molecule has 0 aromatic carbocycles. The van der Waals surface area contributed by atoms with Gasteiger partial charge in [0, 0.05) is 50.8 Å². The summed E-state index contributed by atoms with van der Waals surface area (Å²) < 4.78 is 40.8. The van der Waals surface area contributed by atoms with Crippen LogP contribution < -0.4 is 0 Å². The van der Waals surface area contributed by atoms with Crippen molar-refractivity contribution in [1.29, 1.82) is 0 Å². The van der Waals surface area contributed by atoms with Crippen molar-refractivity contribution in [2.24, 2.45) is 11.8 Å². The quantitative estimate of drug-likeness (QED) is 0.142. The number of rotatable bonds is 14. The molecule has 2 aliphatic carbocycles. The van der Waals surface area contributed by atoms with Gasteiger partial charge in [0.05, 0.1) is 0 Å². The smallest absolute Gasteiger partial charge is 0.333 e. The van der Waals surface area contributed by atoms with Crippen molar-refractivity contribution < 1.29 is 66.7 Å². The third kappa shape index (κ3) is 10.3. The fraction of sp³-hybridized carbons (Fsp3) is 0.447. The highest BCUT2D eigenvalue weighted by Gasteiger charge is 2.66. The molecular weight excluding hydrogens is 680 g/mol. The van der Waals surface area contributed by atoms with Crippen LogP contribution in [0.15, 0.2) is 85.1 Å². The summed E-state index contributed by atoms with van der Waals surface area (Å²) in [4.78, 5) is 92.3. The lowest BCUT2D eigenvalue weighted by Crippen LogP contribution is -2.70. The molecule has 0 bridgehead atoms. The molecule has 9 atom stereocenters. The van der Waals surface area contributed by atoms with Gasteiger partial charge in [-0.15, -0.1) is 0 Å². The third-order valence-corrected chi connectivity index (χ3v) is 8.00. The molecule has 9 unspecified atom stereocenters. The van der Waals surface area contributed by atoms with Gasteiger partial charge in [-0.25, -0.2) is 33.6 Å². The Labute approximate surface area is 302 Å². The minimum Gasteiger partial charge on any atom is -0.455 e. The molecule has 0 aliphatic heterocycles. The number of carbonyl (C=O) groups excluding carboxylic acids is 7. The Morgan fingerprint density at radius 1 is 0.346 bits per heavy atom. The lowest BCUT2D eigenvalue weighted by Gasteiger charge is -2.54. The zero-order chi connectivity index (χ0) is 39.9. The summed E-state index contributed by atoms with van der Waals surface area (Å²) in [6, 6.07) is 0. The Morgan fingerprint density at radius 3 is 0.904 bits per heavy atom. The first-order chi connectivity index (χ1) is 24.0. The summed E-state index contributed by atoms with van der Waals surface area (Å²) in [5.74, 6) is -9.63. The maximum atomic E-state index is 13.3. The van der Waals surface area contributed by atoms with Crippen molar-refractivity contribution in [2.75, 3.05) is 0 Å². The van der Waals surface area contributed by atoms with E-state index in [9.17, 15) is 33.6 Å². The van der Waals surface area contributed by atoms with E-state index in [1.54, 1.807) is 0 Å². The van der Waals surface area contributed by atoms with E-state index in [0.29, 0.717) is 0 Å². The van der Waals surface area contributed by atoms with Crippen LogP contribution in [0.2, 0.25) is 0 Å². The molecule has 14 heteroatoms. The first kappa shape index (κ1) is 42.6. The van der Waals surface area contributed by atoms with E-state index in [4.69, 9.17) is 33.2 Å². The Hall–Kier alpha value is -5.53. The van der Waals surface area contributed by atoms with Gasteiger partial charge in [0.2, 0.25) is 0 Å². The number of ether oxygens (including phenoxy) is 7. The van der Waals surface area contributed by atoms with Crippen LogP contribution in [0.1, 0.15) is 54.9 Å². The van der Waals surface area contributed by atoms with Gasteiger partial charge in [-0.1, -0.05) is 46.1 Å². The van der Waals surface area contributed by atoms with Gasteiger partial charge in [-0.3, -0.25) is 0 Å². The highest BCUT2D eigenvalue weighted by atomic mass is 16.6. The van der Waals surface area contributed by atoms with E-state index < -0.39 is 96.3 Å². The highest BCUT2D eigenvalue weighted by molar-refractivity contribution is 5.91. The summed E-state index contributed by atoms with van der Waals surface area (Å²) >= 11 is 0. The SMILES string of the molecule is C=C(C)C(=O)OC1CC2C(OC(=O)C(=C)C)C(OC(=O)C(=C)C)C(OC(=O)C(=C)C)C(OC(=O)C(=C)C)C2C(OC(=O)C(=C)C)C1OC(=O)C(=C)C. The average Bonchev–Trinajstić information content (AvgIpc) is 3.04. The highest BCUT2D eigenvalue weighted by Crippen LogP contribution is 2.49. The standard InChI is InChI=1S/C38H46O14/c1-16(2)32(39)46-24-15-23-25(28(49-35(42)19(7)8)27(24)48-34(41)18(5)6)29(50-36(43)20(9)10)31(52-38(45)22(13)14)30(51-37(44)21(11)12)26(23)47-33(40)17(3)4/h23-31H,1,3,5,7,9,11,13,15H2,2,4,6,8,10,12,14H3. The number of fused-ring (bicyclic) bond motifs is 1. The van der Waals surface area contributed by atoms with Crippen molar-refractivity contribution in [1.82, 2.24) is 0 Å². The largest absolute Gasteiger partial charge is 0.455 e. The van der Waals surface area contributed by atoms with Crippen LogP contribution >= 0.6 is 0 Å². The number of esters is 7.